The first-order chi connectivity index (χ1) is 10.8. The molecule has 0 bridgehead atoms. The van der Waals surface area contributed by atoms with Gasteiger partial charge < -0.3 is 25.0 Å². The first-order valence-electron chi connectivity index (χ1n) is 7.77. The van der Waals surface area contributed by atoms with Gasteiger partial charge in [-0.1, -0.05) is 0 Å². The van der Waals surface area contributed by atoms with Gasteiger partial charge in [0.15, 0.2) is 5.82 Å². The van der Waals surface area contributed by atoms with E-state index in [4.69, 9.17) is 9.47 Å². The van der Waals surface area contributed by atoms with Crippen LogP contribution >= 0.6 is 0 Å². The van der Waals surface area contributed by atoms with Crippen molar-refractivity contribution in [3.8, 4) is 0 Å². The number of urea groups is 1. The average Bonchev–Trinajstić information content (AvgIpc) is 3.09. The Morgan fingerprint density at radius 3 is 3.05 bits per heavy atom. The fourth-order valence-electron chi connectivity index (χ4n) is 2.71. The van der Waals surface area contributed by atoms with Crippen LogP contribution in [-0.4, -0.2) is 50.2 Å². The zero-order valence-corrected chi connectivity index (χ0v) is 12.6. The number of nitrogens with one attached hydrogen (secondary N) is 2. The molecule has 0 saturated carbocycles. The summed E-state index contributed by atoms with van der Waals surface area (Å²) in [6.45, 7) is 3.44. The molecule has 2 aliphatic rings. The molecule has 2 aliphatic heterocycles. The lowest BCUT2D eigenvalue weighted by Crippen LogP contribution is -2.39. The number of nitrogens with zero attached hydrogens (tertiary/aromatic N) is 2. The third-order valence-corrected chi connectivity index (χ3v) is 3.90. The third kappa shape index (κ3) is 3.86. The first-order valence-corrected chi connectivity index (χ1v) is 7.77. The predicted octanol–water partition coefficient (Wildman–Crippen LogP) is 1.57. The second kappa shape index (κ2) is 7.42. The van der Waals surface area contributed by atoms with Gasteiger partial charge in [-0.15, -0.1) is 0 Å². The first kappa shape index (κ1) is 15.1. The molecule has 7 nitrogen and oxygen atoms in total. The molecule has 2 N–H and O–H groups in total. The molecule has 0 aromatic carbocycles. The van der Waals surface area contributed by atoms with Crippen molar-refractivity contribution in [2.75, 3.05) is 43.3 Å². The van der Waals surface area contributed by atoms with Crippen molar-refractivity contribution >= 4 is 17.5 Å². The number of aromatic nitrogens is 1. The molecule has 0 unspecified atom stereocenters. The summed E-state index contributed by atoms with van der Waals surface area (Å²) in [6.07, 6.45) is 4.91. The SMILES string of the molecule is O=C(NC[C@@H]1CCOCO1)Nc1cccnc1N1CCCC1. The Bertz CT molecular complexity index is 499. The molecule has 1 atom stereocenters. The Kier molecular flexibility index (Phi) is 5.07. The van der Waals surface area contributed by atoms with E-state index in [1.807, 2.05) is 12.1 Å². The van der Waals surface area contributed by atoms with Gasteiger partial charge in [-0.05, 0) is 31.4 Å². The summed E-state index contributed by atoms with van der Waals surface area (Å²) in [5.74, 6) is 0.845. The van der Waals surface area contributed by atoms with Crippen LogP contribution in [0.25, 0.3) is 0 Å². The van der Waals surface area contributed by atoms with Crippen LogP contribution in [0.3, 0.4) is 0 Å². The van der Waals surface area contributed by atoms with E-state index in [0.717, 1.165) is 31.0 Å². The summed E-state index contributed by atoms with van der Waals surface area (Å²) >= 11 is 0. The van der Waals surface area contributed by atoms with E-state index in [-0.39, 0.29) is 12.1 Å². The fraction of sp³-hybridized carbons (Fsp3) is 0.600. The molecule has 120 valence electrons. The predicted molar refractivity (Wildman–Crippen MR) is 83.0 cm³/mol. The Labute approximate surface area is 130 Å². The summed E-state index contributed by atoms with van der Waals surface area (Å²) in [7, 11) is 0. The van der Waals surface area contributed by atoms with E-state index < -0.39 is 0 Å². The molecule has 2 fully saturated rings. The highest BCUT2D eigenvalue weighted by molar-refractivity contribution is 5.92. The maximum atomic E-state index is 12.1. The van der Waals surface area contributed by atoms with Crippen LogP contribution in [0.1, 0.15) is 19.3 Å². The van der Waals surface area contributed by atoms with Gasteiger partial charge in [0.05, 0.1) is 18.4 Å². The summed E-state index contributed by atoms with van der Waals surface area (Å²) in [4.78, 5) is 18.7. The van der Waals surface area contributed by atoms with Gasteiger partial charge in [0, 0.05) is 25.8 Å². The van der Waals surface area contributed by atoms with Crippen LogP contribution in [0.5, 0.6) is 0 Å². The van der Waals surface area contributed by atoms with E-state index in [2.05, 4.69) is 20.5 Å². The number of carbonyl (C=O) groups is 1. The smallest absolute Gasteiger partial charge is 0.319 e. The van der Waals surface area contributed by atoms with Crippen molar-refractivity contribution in [2.24, 2.45) is 0 Å². The maximum Gasteiger partial charge on any atom is 0.319 e. The van der Waals surface area contributed by atoms with Crippen LogP contribution in [0.15, 0.2) is 18.3 Å². The van der Waals surface area contributed by atoms with Crippen LogP contribution < -0.4 is 15.5 Å². The van der Waals surface area contributed by atoms with Gasteiger partial charge in [0.25, 0.3) is 0 Å². The molecule has 2 saturated heterocycles. The lowest BCUT2D eigenvalue weighted by molar-refractivity contribution is -0.136. The molecule has 0 radical (unpaired) electrons. The van der Waals surface area contributed by atoms with Gasteiger partial charge in [0.1, 0.15) is 6.79 Å². The fourth-order valence-corrected chi connectivity index (χ4v) is 2.71. The Balaban J connectivity index is 1.54. The standard InChI is InChI=1S/C15H22N4O3/c20-15(17-10-12-5-9-21-11-22-12)18-13-4-3-6-16-14(13)19-7-1-2-8-19/h3-4,6,12H,1-2,5,7-11H2,(H2,17,18,20)/t12-/m0/s1. The van der Waals surface area contributed by atoms with Crippen molar-refractivity contribution in [1.29, 1.82) is 0 Å². The lowest BCUT2D eigenvalue weighted by Gasteiger charge is -2.23. The van der Waals surface area contributed by atoms with Crippen LogP contribution in [-0.2, 0) is 9.47 Å². The molecular formula is C15H22N4O3. The third-order valence-electron chi connectivity index (χ3n) is 3.90. The van der Waals surface area contributed by atoms with E-state index in [1.54, 1.807) is 6.20 Å². The minimum atomic E-state index is -0.233. The van der Waals surface area contributed by atoms with E-state index in [0.29, 0.717) is 19.9 Å². The van der Waals surface area contributed by atoms with Gasteiger partial charge in [0.2, 0.25) is 0 Å². The Morgan fingerprint density at radius 1 is 1.41 bits per heavy atom. The lowest BCUT2D eigenvalue weighted by atomic mass is 10.2. The number of amides is 2. The summed E-state index contributed by atoms with van der Waals surface area (Å²) < 4.78 is 10.5. The topological polar surface area (TPSA) is 75.7 Å². The molecule has 0 aliphatic carbocycles. The second-order valence-corrected chi connectivity index (χ2v) is 5.51. The second-order valence-electron chi connectivity index (χ2n) is 5.51. The number of hydrogen-bond acceptors (Lipinski definition) is 5. The molecule has 3 rings (SSSR count). The molecule has 1 aromatic heterocycles. The molecule has 1 aromatic rings. The van der Waals surface area contributed by atoms with Gasteiger partial charge >= 0.3 is 6.03 Å². The highest BCUT2D eigenvalue weighted by Gasteiger charge is 2.19. The molecule has 22 heavy (non-hydrogen) atoms. The molecular weight excluding hydrogens is 284 g/mol. The van der Waals surface area contributed by atoms with Crippen molar-refractivity contribution in [2.45, 2.75) is 25.4 Å². The van der Waals surface area contributed by atoms with Crippen molar-refractivity contribution < 1.29 is 14.3 Å². The van der Waals surface area contributed by atoms with Crippen molar-refractivity contribution in [1.82, 2.24) is 10.3 Å². The maximum absolute atomic E-state index is 12.1. The van der Waals surface area contributed by atoms with Gasteiger partial charge in [-0.3, -0.25) is 0 Å². The number of ether oxygens (including phenoxy) is 2. The van der Waals surface area contributed by atoms with Crippen LogP contribution in [0.4, 0.5) is 16.3 Å². The summed E-state index contributed by atoms with van der Waals surface area (Å²) in [6, 6.07) is 3.48. The number of carbonyl (C=O) groups excluding carboxylic acids is 1. The highest BCUT2D eigenvalue weighted by Crippen LogP contribution is 2.25. The van der Waals surface area contributed by atoms with Crippen LogP contribution in [0.2, 0.25) is 0 Å². The number of hydrogen-bond donors (Lipinski definition) is 2. The molecule has 2 amide bonds. The van der Waals surface area contributed by atoms with E-state index >= 15 is 0 Å². The highest BCUT2D eigenvalue weighted by atomic mass is 16.7. The van der Waals surface area contributed by atoms with Gasteiger partial charge in [-0.2, -0.15) is 0 Å². The van der Waals surface area contributed by atoms with Crippen molar-refractivity contribution in [3.05, 3.63) is 18.3 Å². The summed E-state index contributed by atoms with van der Waals surface area (Å²) in [5.41, 5.74) is 0.745. The monoisotopic (exact) mass is 306 g/mol. The summed E-state index contributed by atoms with van der Waals surface area (Å²) in [5, 5.41) is 5.73. The number of rotatable bonds is 4. The van der Waals surface area contributed by atoms with E-state index in [9.17, 15) is 4.79 Å². The Morgan fingerprint density at radius 2 is 2.27 bits per heavy atom. The zero-order valence-electron chi connectivity index (χ0n) is 12.6. The average molecular weight is 306 g/mol. The minimum absolute atomic E-state index is 0.0199. The van der Waals surface area contributed by atoms with Gasteiger partial charge in [-0.25, -0.2) is 9.78 Å². The largest absolute Gasteiger partial charge is 0.355 e. The molecule has 0 spiro atoms. The van der Waals surface area contributed by atoms with Crippen LogP contribution in [0, 0.1) is 0 Å². The Hall–Kier alpha value is -1.86. The quantitative estimate of drug-likeness (QED) is 0.883. The number of anilines is 2. The molecule has 7 heteroatoms. The minimum Gasteiger partial charge on any atom is -0.355 e. The van der Waals surface area contributed by atoms with Crippen molar-refractivity contribution in [3.63, 3.8) is 0 Å². The van der Waals surface area contributed by atoms with E-state index in [1.165, 1.54) is 12.8 Å². The molecule has 3 heterocycles. The zero-order chi connectivity index (χ0) is 15.2. The number of pyridine rings is 1. The normalized spacial score (nSPS) is 21.6.